The number of urea groups is 2. The van der Waals surface area contributed by atoms with Gasteiger partial charge in [0.15, 0.2) is 0 Å². The number of ether oxygens (including phenoxy) is 2. The molecular formula is C24H24Br2N8O4S2. The lowest BCUT2D eigenvalue weighted by Gasteiger charge is -2.05. The van der Waals surface area contributed by atoms with Crippen LogP contribution in [-0.2, 0) is 22.3 Å². The molecule has 0 aliphatic heterocycles. The number of halogens is 2. The van der Waals surface area contributed by atoms with Crippen molar-refractivity contribution in [2.45, 2.75) is 12.8 Å². The van der Waals surface area contributed by atoms with Crippen LogP contribution < -0.4 is 21.3 Å². The molecular weight excluding hydrogens is 688 g/mol. The van der Waals surface area contributed by atoms with Crippen LogP contribution >= 0.6 is 54.5 Å². The molecule has 0 aliphatic rings. The van der Waals surface area contributed by atoms with Gasteiger partial charge in [-0.15, -0.1) is 20.4 Å². The van der Waals surface area contributed by atoms with E-state index in [0.717, 1.165) is 19.0 Å². The lowest BCUT2D eigenvalue weighted by atomic mass is 10.3. The number of hydrogen-bond donors (Lipinski definition) is 4. The second-order valence-electron chi connectivity index (χ2n) is 7.90. The minimum atomic E-state index is -0.387. The Morgan fingerprint density at radius 3 is 1.40 bits per heavy atom. The fourth-order valence-electron chi connectivity index (χ4n) is 3.04. The van der Waals surface area contributed by atoms with E-state index in [0.29, 0.717) is 60.9 Å². The Morgan fingerprint density at radius 2 is 1.00 bits per heavy atom. The summed E-state index contributed by atoms with van der Waals surface area (Å²) in [5.74, 6) is 0. The number of anilines is 4. The molecule has 0 spiro atoms. The summed E-state index contributed by atoms with van der Waals surface area (Å²) in [6.45, 7) is 1.77. The maximum atomic E-state index is 12.1. The zero-order chi connectivity index (χ0) is 28.2. The van der Waals surface area contributed by atoms with E-state index < -0.39 is 0 Å². The maximum absolute atomic E-state index is 12.1. The number of benzene rings is 2. The predicted molar refractivity (Wildman–Crippen MR) is 162 cm³/mol. The first kappa shape index (κ1) is 30.0. The number of hydrogen-bond acceptors (Lipinski definition) is 10. The van der Waals surface area contributed by atoms with Crippen molar-refractivity contribution in [1.82, 2.24) is 20.4 Å². The Balaban J connectivity index is 1.03. The summed E-state index contributed by atoms with van der Waals surface area (Å²) in [4.78, 5) is 24.2. The van der Waals surface area contributed by atoms with Gasteiger partial charge in [-0.1, -0.05) is 54.5 Å². The van der Waals surface area contributed by atoms with Gasteiger partial charge in [-0.05, 0) is 48.5 Å². The van der Waals surface area contributed by atoms with Gasteiger partial charge >= 0.3 is 12.1 Å². The Kier molecular flexibility index (Phi) is 11.7. The molecule has 210 valence electrons. The summed E-state index contributed by atoms with van der Waals surface area (Å²) in [6.07, 6.45) is 1.15. The Morgan fingerprint density at radius 1 is 0.600 bits per heavy atom. The molecule has 16 heteroatoms. The first-order valence-electron chi connectivity index (χ1n) is 11.9. The van der Waals surface area contributed by atoms with E-state index in [9.17, 15) is 9.59 Å². The summed E-state index contributed by atoms with van der Waals surface area (Å²) in [5, 5.41) is 29.3. The third-order valence-electron chi connectivity index (χ3n) is 4.87. The van der Waals surface area contributed by atoms with Crippen molar-refractivity contribution in [1.29, 1.82) is 0 Å². The molecule has 0 saturated carbocycles. The average molecular weight is 712 g/mol. The van der Waals surface area contributed by atoms with E-state index in [2.05, 4.69) is 73.5 Å². The van der Waals surface area contributed by atoms with Crippen molar-refractivity contribution in [3.8, 4) is 0 Å². The smallest absolute Gasteiger partial charge is 0.325 e. The molecule has 2 aromatic carbocycles. The van der Waals surface area contributed by atoms with Gasteiger partial charge in [-0.25, -0.2) is 9.59 Å². The van der Waals surface area contributed by atoms with Crippen molar-refractivity contribution < 1.29 is 19.1 Å². The highest BCUT2D eigenvalue weighted by atomic mass is 79.9. The quantitative estimate of drug-likeness (QED) is 0.123. The first-order chi connectivity index (χ1) is 19.4. The number of nitrogens with one attached hydrogen (secondary N) is 4. The van der Waals surface area contributed by atoms with Gasteiger partial charge in [-0.3, -0.25) is 10.6 Å². The van der Waals surface area contributed by atoms with Crippen molar-refractivity contribution in [2.75, 3.05) is 47.7 Å². The molecule has 0 atom stereocenters. The van der Waals surface area contributed by atoms with Gasteiger partial charge < -0.3 is 20.1 Å². The van der Waals surface area contributed by atoms with E-state index >= 15 is 0 Å². The van der Waals surface area contributed by atoms with Crippen LogP contribution in [0.2, 0.25) is 0 Å². The molecule has 0 radical (unpaired) electrons. The largest absolute Gasteiger partial charge is 0.379 e. The SMILES string of the molecule is O=C(Nc1ccc(Br)cc1)Nc1nnc(CCOCCOCCc2nnc(NC(=O)Nc3ccc(Br)cc3)s2)s1. The lowest BCUT2D eigenvalue weighted by Crippen LogP contribution is -2.19. The number of amides is 4. The van der Waals surface area contributed by atoms with Gasteiger partial charge in [0, 0.05) is 33.2 Å². The van der Waals surface area contributed by atoms with E-state index in [1.54, 1.807) is 24.3 Å². The van der Waals surface area contributed by atoms with Crippen LogP contribution in [-0.4, -0.2) is 58.9 Å². The fraction of sp³-hybridized carbons (Fsp3) is 0.250. The van der Waals surface area contributed by atoms with Crippen LogP contribution in [0.15, 0.2) is 57.5 Å². The highest BCUT2D eigenvalue weighted by Crippen LogP contribution is 2.19. The monoisotopic (exact) mass is 710 g/mol. The highest BCUT2D eigenvalue weighted by Gasteiger charge is 2.10. The fourth-order valence-corrected chi connectivity index (χ4v) is 5.00. The summed E-state index contributed by atoms with van der Waals surface area (Å²) in [5.41, 5.74) is 1.34. The van der Waals surface area contributed by atoms with Gasteiger partial charge in [0.1, 0.15) is 10.0 Å². The van der Waals surface area contributed by atoms with Crippen LogP contribution in [0.25, 0.3) is 0 Å². The second-order valence-corrected chi connectivity index (χ2v) is 11.9. The molecule has 0 aliphatic carbocycles. The second kappa shape index (κ2) is 15.7. The third-order valence-corrected chi connectivity index (χ3v) is 7.73. The van der Waals surface area contributed by atoms with E-state index in [-0.39, 0.29) is 12.1 Å². The molecule has 0 saturated heterocycles. The van der Waals surface area contributed by atoms with Crippen LogP contribution in [0.5, 0.6) is 0 Å². The molecule has 40 heavy (non-hydrogen) atoms. The standard InChI is InChI=1S/C24H24Br2N8O4S2/c25-15-1-5-17(6-2-15)27-21(35)29-23-33-31-19(39-23)9-11-37-13-14-38-12-10-20-32-34-24(40-20)30-22(36)28-18-7-3-16(26)4-8-18/h1-8H,9-14H2,(H2,27,29,33,35)(H2,28,30,34,36). The highest BCUT2D eigenvalue weighted by molar-refractivity contribution is 9.10. The molecule has 4 aromatic rings. The zero-order valence-corrected chi connectivity index (χ0v) is 25.7. The third kappa shape index (κ3) is 10.5. The normalized spacial score (nSPS) is 10.8. The number of rotatable bonds is 13. The summed E-state index contributed by atoms with van der Waals surface area (Å²) >= 11 is 9.30. The lowest BCUT2D eigenvalue weighted by molar-refractivity contribution is 0.0500. The van der Waals surface area contributed by atoms with E-state index in [4.69, 9.17) is 9.47 Å². The van der Waals surface area contributed by atoms with Crippen LogP contribution in [0.4, 0.5) is 31.2 Å². The number of carbonyl (C=O) groups is 2. The van der Waals surface area contributed by atoms with Crippen molar-refractivity contribution >= 4 is 88.2 Å². The maximum Gasteiger partial charge on any atom is 0.325 e. The average Bonchev–Trinajstić information content (AvgIpc) is 3.57. The Hall–Kier alpha value is -3.02. The number of aromatic nitrogens is 4. The van der Waals surface area contributed by atoms with Gasteiger partial charge in [0.2, 0.25) is 10.3 Å². The zero-order valence-electron chi connectivity index (χ0n) is 20.9. The van der Waals surface area contributed by atoms with Crippen LogP contribution in [0.3, 0.4) is 0 Å². The van der Waals surface area contributed by atoms with Crippen LogP contribution in [0.1, 0.15) is 10.0 Å². The summed E-state index contributed by atoms with van der Waals surface area (Å²) in [7, 11) is 0. The minimum absolute atomic E-state index is 0.387. The molecule has 12 nitrogen and oxygen atoms in total. The van der Waals surface area contributed by atoms with Gasteiger partial charge in [-0.2, -0.15) is 0 Å². The first-order valence-corrected chi connectivity index (χ1v) is 15.1. The molecule has 4 N–H and O–H groups in total. The van der Waals surface area contributed by atoms with Gasteiger partial charge in [0.25, 0.3) is 0 Å². The number of carbonyl (C=O) groups excluding carboxylic acids is 2. The topological polar surface area (TPSA) is 152 Å². The van der Waals surface area contributed by atoms with Crippen molar-refractivity contribution in [3.63, 3.8) is 0 Å². The van der Waals surface area contributed by atoms with Crippen molar-refractivity contribution in [3.05, 3.63) is 67.5 Å². The van der Waals surface area contributed by atoms with Crippen LogP contribution in [0, 0.1) is 0 Å². The Labute approximate surface area is 254 Å². The van der Waals surface area contributed by atoms with Crippen molar-refractivity contribution in [2.24, 2.45) is 0 Å². The van der Waals surface area contributed by atoms with Gasteiger partial charge in [0.05, 0.1) is 26.4 Å². The number of nitrogens with zero attached hydrogens (tertiary/aromatic N) is 4. The van der Waals surface area contributed by atoms with E-state index in [1.165, 1.54) is 22.7 Å². The molecule has 4 rings (SSSR count). The Bertz CT molecular complexity index is 1280. The summed E-state index contributed by atoms with van der Waals surface area (Å²) < 4.78 is 13.1. The summed E-state index contributed by atoms with van der Waals surface area (Å²) in [6, 6.07) is 13.7. The predicted octanol–water partition coefficient (Wildman–Crippen LogP) is 6.02. The molecule has 2 aromatic heterocycles. The van der Waals surface area contributed by atoms with E-state index in [1.807, 2.05) is 24.3 Å². The minimum Gasteiger partial charge on any atom is -0.379 e. The molecule has 0 unspecified atom stereocenters. The molecule has 2 heterocycles. The molecule has 0 bridgehead atoms. The molecule has 4 amide bonds. The molecule has 0 fully saturated rings.